The van der Waals surface area contributed by atoms with Crippen molar-refractivity contribution in [1.29, 1.82) is 0 Å². The molecule has 0 saturated carbocycles. The summed E-state index contributed by atoms with van der Waals surface area (Å²) >= 11 is 7.51. The number of thiophene rings is 1. The second kappa shape index (κ2) is 9.64. The van der Waals surface area contributed by atoms with E-state index in [1.807, 2.05) is 31.4 Å². The number of likely N-dealkylation sites (tertiary alicyclic amines) is 1. The fourth-order valence-corrected chi connectivity index (χ4v) is 4.41. The highest BCUT2D eigenvalue weighted by molar-refractivity contribution is 7.10. The molecule has 1 N–H and O–H groups in total. The Morgan fingerprint density at radius 2 is 2.07 bits per heavy atom. The second-order valence-electron chi connectivity index (χ2n) is 7.13. The summed E-state index contributed by atoms with van der Waals surface area (Å²) in [5.41, 5.74) is 0.426. The summed E-state index contributed by atoms with van der Waals surface area (Å²) in [7, 11) is 1.47. The highest BCUT2D eigenvalue weighted by Crippen LogP contribution is 2.41. The van der Waals surface area contributed by atoms with Crippen LogP contribution in [-0.4, -0.2) is 48.1 Å². The Labute approximate surface area is 184 Å². The van der Waals surface area contributed by atoms with Crippen LogP contribution in [-0.2, 0) is 14.3 Å². The van der Waals surface area contributed by atoms with E-state index in [1.54, 1.807) is 18.2 Å². The van der Waals surface area contributed by atoms with Gasteiger partial charge in [0.25, 0.3) is 11.7 Å². The number of amides is 1. The molecule has 0 bridgehead atoms. The lowest BCUT2D eigenvalue weighted by molar-refractivity contribution is -0.140. The summed E-state index contributed by atoms with van der Waals surface area (Å²) in [5, 5.41) is 13.3. The Balaban J connectivity index is 2.00. The molecule has 8 heteroatoms. The van der Waals surface area contributed by atoms with Gasteiger partial charge in [-0.05, 0) is 49.9 Å². The summed E-state index contributed by atoms with van der Waals surface area (Å²) in [6.07, 6.45) is 0.676. The number of methoxy groups -OCH3 is 1. The van der Waals surface area contributed by atoms with Crippen LogP contribution < -0.4 is 4.74 Å². The monoisotopic (exact) mass is 449 g/mol. The number of hydrogen-bond acceptors (Lipinski definition) is 6. The topological polar surface area (TPSA) is 76.1 Å². The summed E-state index contributed by atoms with van der Waals surface area (Å²) in [5.74, 6) is -1.21. The predicted molar refractivity (Wildman–Crippen MR) is 117 cm³/mol. The molecule has 1 unspecified atom stereocenters. The molecule has 1 fully saturated rings. The molecule has 1 atom stereocenters. The fourth-order valence-electron chi connectivity index (χ4n) is 3.37. The van der Waals surface area contributed by atoms with Crippen LogP contribution in [0.2, 0.25) is 5.02 Å². The first-order chi connectivity index (χ1) is 14.3. The molecule has 0 radical (unpaired) electrons. The lowest BCUT2D eigenvalue weighted by Gasteiger charge is -2.24. The average molecular weight is 450 g/mol. The molecular weight excluding hydrogens is 426 g/mol. The Bertz CT molecular complexity index is 954. The average Bonchev–Trinajstić information content (AvgIpc) is 3.33. The van der Waals surface area contributed by atoms with Gasteiger partial charge in [-0.2, -0.15) is 0 Å². The summed E-state index contributed by atoms with van der Waals surface area (Å²) < 4.78 is 10.8. The van der Waals surface area contributed by atoms with Gasteiger partial charge in [0, 0.05) is 23.6 Å². The first kappa shape index (κ1) is 22.3. The first-order valence-electron chi connectivity index (χ1n) is 9.62. The number of ketones is 1. The van der Waals surface area contributed by atoms with E-state index in [2.05, 4.69) is 0 Å². The molecule has 1 aromatic heterocycles. The number of aliphatic hydroxyl groups excluding tert-OH is 1. The Hall–Kier alpha value is -2.35. The number of rotatable bonds is 8. The van der Waals surface area contributed by atoms with Gasteiger partial charge in [0.15, 0.2) is 0 Å². The van der Waals surface area contributed by atoms with E-state index in [0.29, 0.717) is 35.9 Å². The van der Waals surface area contributed by atoms with Crippen LogP contribution in [0.5, 0.6) is 5.75 Å². The number of carbonyl (C=O) groups is 2. The molecule has 3 rings (SSSR count). The molecular formula is C22H24ClNO5S. The van der Waals surface area contributed by atoms with Gasteiger partial charge in [0.2, 0.25) is 0 Å². The van der Waals surface area contributed by atoms with Crippen molar-refractivity contribution < 1.29 is 24.2 Å². The molecule has 1 aromatic carbocycles. The van der Waals surface area contributed by atoms with Crippen molar-refractivity contribution in [3.8, 4) is 5.75 Å². The third-order valence-electron chi connectivity index (χ3n) is 4.77. The number of carbonyl (C=O) groups excluding carboxylic acids is 2. The van der Waals surface area contributed by atoms with Gasteiger partial charge < -0.3 is 19.5 Å². The van der Waals surface area contributed by atoms with Crippen molar-refractivity contribution in [2.24, 2.45) is 0 Å². The zero-order chi connectivity index (χ0) is 21.8. The van der Waals surface area contributed by atoms with Crippen LogP contribution in [0.15, 0.2) is 41.3 Å². The maximum absolute atomic E-state index is 12.9. The van der Waals surface area contributed by atoms with Gasteiger partial charge in [-0.25, -0.2) is 0 Å². The molecule has 1 amide bonds. The number of hydrogen-bond donors (Lipinski definition) is 1. The highest BCUT2D eigenvalue weighted by Gasteiger charge is 2.46. The number of benzene rings is 1. The number of halogens is 1. The van der Waals surface area contributed by atoms with Gasteiger partial charge in [-0.15, -0.1) is 11.3 Å². The van der Waals surface area contributed by atoms with Gasteiger partial charge >= 0.3 is 0 Å². The zero-order valence-electron chi connectivity index (χ0n) is 17.1. The Morgan fingerprint density at radius 3 is 2.70 bits per heavy atom. The van der Waals surface area contributed by atoms with Gasteiger partial charge in [-0.3, -0.25) is 9.59 Å². The minimum absolute atomic E-state index is 0.0663. The van der Waals surface area contributed by atoms with E-state index >= 15 is 0 Å². The van der Waals surface area contributed by atoms with E-state index in [1.165, 1.54) is 23.3 Å². The summed E-state index contributed by atoms with van der Waals surface area (Å²) in [6, 6.07) is 7.78. The summed E-state index contributed by atoms with van der Waals surface area (Å²) in [6.45, 7) is 4.71. The number of Topliss-reactive ketones (excluding diaryl/α,β-unsaturated/α-hetero) is 1. The third-order valence-corrected chi connectivity index (χ3v) is 6.01. The van der Waals surface area contributed by atoms with Crippen molar-refractivity contribution in [2.45, 2.75) is 32.4 Å². The minimum Gasteiger partial charge on any atom is -0.507 e. The van der Waals surface area contributed by atoms with Crippen molar-refractivity contribution in [3.05, 3.63) is 56.7 Å². The Morgan fingerprint density at radius 1 is 1.30 bits per heavy atom. The zero-order valence-corrected chi connectivity index (χ0v) is 18.6. The molecule has 1 aliphatic rings. The number of nitrogens with zero attached hydrogens (tertiary/aromatic N) is 1. The van der Waals surface area contributed by atoms with Gasteiger partial charge in [0.1, 0.15) is 11.5 Å². The van der Waals surface area contributed by atoms with Crippen LogP contribution in [0.25, 0.3) is 5.76 Å². The molecule has 2 heterocycles. The maximum atomic E-state index is 12.9. The molecule has 0 spiro atoms. The number of aliphatic hydroxyl groups is 1. The highest BCUT2D eigenvalue weighted by atomic mass is 35.5. The fraction of sp³-hybridized carbons (Fsp3) is 0.364. The van der Waals surface area contributed by atoms with E-state index in [9.17, 15) is 14.7 Å². The standard InChI is InChI=1S/C22H24ClNO5S/c1-13(2)29-10-5-9-24-19(17-6-4-11-30-17)18(21(26)22(24)27)20(25)14-7-8-15(23)16(12-14)28-3/h4,6-8,11-13,19,25H,5,9-10H2,1-3H3/b20-18-. The molecule has 30 heavy (non-hydrogen) atoms. The van der Waals surface area contributed by atoms with Crippen LogP contribution >= 0.6 is 22.9 Å². The Kier molecular flexibility index (Phi) is 7.18. The number of ether oxygens (including phenoxy) is 2. The quantitative estimate of drug-likeness (QED) is 0.275. The van der Waals surface area contributed by atoms with E-state index < -0.39 is 17.7 Å². The lowest BCUT2D eigenvalue weighted by atomic mass is 9.99. The molecule has 1 aliphatic heterocycles. The van der Waals surface area contributed by atoms with Crippen LogP contribution in [0.3, 0.4) is 0 Å². The molecule has 0 aliphatic carbocycles. The van der Waals surface area contributed by atoms with Crippen molar-refractivity contribution >= 4 is 40.4 Å². The summed E-state index contributed by atoms with van der Waals surface area (Å²) in [4.78, 5) is 28.0. The van der Waals surface area contributed by atoms with Gasteiger partial charge in [0.05, 0.1) is 29.9 Å². The van der Waals surface area contributed by atoms with Crippen LogP contribution in [0.4, 0.5) is 0 Å². The van der Waals surface area contributed by atoms with Crippen molar-refractivity contribution in [1.82, 2.24) is 4.90 Å². The normalized spacial score (nSPS) is 18.4. The second-order valence-corrected chi connectivity index (χ2v) is 8.52. The largest absolute Gasteiger partial charge is 0.507 e. The predicted octanol–water partition coefficient (Wildman–Crippen LogP) is 4.65. The SMILES string of the molecule is COc1cc(/C(O)=C2/C(=O)C(=O)N(CCCOC(C)C)C2c2cccs2)ccc1Cl. The third kappa shape index (κ3) is 4.53. The van der Waals surface area contributed by atoms with Crippen molar-refractivity contribution in [3.63, 3.8) is 0 Å². The molecule has 2 aromatic rings. The van der Waals surface area contributed by atoms with Crippen LogP contribution in [0.1, 0.15) is 36.8 Å². The molecule has 1 saturated heterocycles. The van der Waals surface area contributed by atoms with E-state index in [-0.39, 0.29) is 17.4 Å². The van der Waals surface area contributed by atoms with E-state index in [0.717, 1.165) is 4.88 Å². The molecule has 160 valence electrons. The smallest absolute Gasteiger partial charge is 0.295 e. The lowest BCUT2D eigenvalue weighted by Crippen LogP contribution is -2.31. The van der Waals surface area contributed by atoms with Gasteiger partial charge in [-0.1, -0.05) is 17.7 Å². The van der Waals surface area contributed by atoms with E-state index in [4.69, 9.17) is 21.1 Å². The van der Waals surface area contributed by atoms with Crippen molar-refractivity contribution in [2.75, 3.05) is 20.3 Å². The first-order valence-corrected chi connectivity index (χ1v) is 10.9. The maximum Gasteiger partial charge on any atom is 0.295 e. The molecule has 6 nitrogen and oxygen atoms in total. The van der Waals surface area contributed by atoms with Crippen LogP contribution in [0, 0.1) is 0 Å². The minimum atomic E-state index is -0.704.